The first kappa shape index (κ1) is 16.0. The Balaban J connectivity index is 2.48. The molecule has 0 amide bonds. The highest BCUT2D eigenvalue weighted by Crippen LogP contribution is 2.38. The van der Waals surface area contributed by atoms with Crippen molar-refractivity contribution in [2.24, 2.45) is 10.9 Å². The Morgan fingerprint density at radius 3 is 2.40 bits per heavy atom. The smallest absolute Gasteiger partial charge is 0.453 e. The lowest BCUT2D eigenvalue weighted by atomic mass is 10.2. The summed E-state index contributed by atoms with van der Waals surface area (Å²) in [5, 5.41) is 6.88. The van der Waals surface area contributed by atoms with E-state index in [1.54, 1.807) is 0 Å². The van der Waals surface area contributed by atoms with Crippen LogP contribution in [0.2, 0.25) is 0 Å². The first-order valence-electron chi connectivity index (χ1n) is 5.34. The van der Waals surface area contributed by atoms with Crippen molar-refractivity contribution in [2.75, 3.05) is 12.4 Å². The Kier molecular flexibility index (Phi) is 4.73. The van der Waals surface area contributed by atoms with E-state index in [0.717, 1.165) is 4.79 Å². The minimum atomic E-state index is -5.56. The number of nitrogens with two attached hydrogens (primary N) is 2. The third-order valence-electron chi connectivity index (χ3n) is 2.25. The molecule has 0 aliphatic carbocycles. The first-order chi connectivity index (χ1) is 9.17. The molecule has 20 heavy (non-hydrogen) atoms. The van der Waals surface area contributed by atoms with E-state index in [2.05, 4.69) is 10.2 Å². The molecule has 0 fully saturated rings. The second-order valence-electron chi connectivity index (χ2n) is 3.76. The molecule has 1 aromatic heterocycles. The van der Waals surface area contributed by atoms with E-state index in [0.29, 0.717) is 0 Å². The van der Waals surface area contributed by atoms with Gasteiger partial charge in [0.25, 0.3) is 0 Å². The summed E-state index contributed by atoms with van der Waals surface area (Å²) < 4.78 is 65.7. The van der Waals surface area contributed by atoms with Gasteiger partial charge in [0, 0.05) is 12.5 Å². The fraction of sp³-hybridized carbons (Fsp3) is 0.556. The summed E-state index contributed by atoms with van der Waals surface area (Å²) in [5.41, 5.74) is 0.126. The molecule has 1 rings (SSSR count). The Morgan fingerprint density at radius 2 is 1.90 bits per heavy atom. The molecule has 0 spiro atoms. The molecular weight excluding hydrogens is 289 g/mol. The Labute approximate surface area is 109 Å². The van der Waals surface area contributed by atoms with E-state index in [-0.39, 0.29) is 18.0 Å². The number of halogens is 5. The molecule has 0 aromatic carbocycles. The second-order valence-corrected chi connectivity index (χ2v) is 3.76. The zero-order chi connectivity index (χ0) is 15.4. The van der Waals surface area contributed by atoms with Crippen LogP contribution in [0.4, 0.5) is 22.0 Å². The zero-order valence-electron chi connectivity index (χ0n) is 10.1. The molecule has 6 nitrogen and oxygen atoms in total. The van der Waals surface area contributed by atoms with Gasteiger partial charge < -0.3 is 16.4 Å². The van der Waals surface area contributed by atoms with Crippen LogP contribution < -0.4 is 21.9 Å². The largest absolute Gasteiger partial charge is 0.477 e. The summed E-state index contributed by atoms with van der Waals surface area (Å²) in [6.45, 7) is -0.363. The van der Waals surface area contributed by atoms with Crippen molar-refractivity contribution >= 4 is 0 Å². The Morgan fingerprint density at radius 1 is 1.25 bits per heavy atom. The molecule has 4 N–H and O–H groups in total. The van der Waals surface area contributed by atoms with Gasteiger partial charge in [-0.15, -0.1) is 5.10 Å². The maximum Gasteiger partial charge on any atom is 0.453 e. The molecule has 0 unspecified atom stereocenters. The van der Waals surface area contributed by atoms with Crippen molar-refractivity contribution in [1.29, 1.82) is 0 Å². The van der Waals surface area contributed by atoms with E-state index in [4.69, 9.17) is 16.4 Å². The van der Waals surface area contributed by atoms with Gasteiger partial charge in [-0.1, -0.05) is 0 Å². The third kappa shape index (κ3) is 3.96. The lowest BCUT2D eigenvalue weighted by Crippen LogP contribution is -2.36. The molecule has 0 bridgehead atoms. The molecule has 0 aliphatic rings. The molecule has 0 saturated carbocycles. The van der Waals surface area contributed by atoms with E-state index >= 15 is 0 Å². The van der Waals surface area contributed by atoms with Crippen LogP contribution in [0.3, 0.4) is 0 Å². The zero-order valence-corrected chi connectivity index (χ0v) is 10.1. The summed E-state index contributed by atoms with van der Waals surface area (Å²) in [4.78, 5) is 0.777. The van der Waals surface area contributed by atoms with Gasteiger partial charge in [-0.2, -0.15) is 31.8 Å². The number of nitrogens with zero attached hydrogens (tertiary/aromatic N) is 3. The van der Waals surface area contributed by atoms with Gasteiger partial charge in [0.1, 0.15) is 0 Å². The minimum absolute atomic E-state index is 0.0461. The fourth-order valence-corrected chi connectivity index (χ4v) is 1.20. The normalized spacial score (nSPS) is 13.6. The monoisotopic (exact) mass is 301 g/mol. The number of ether oxygens (including phenoxy) is 1. The predicted molar refractivity (Wildman–Crippen MR) is 57.9 cm³/mol. The number of aromatic nitrogens is 2. The number of rotatable bonds is 5. The number of hydrogen-bond donors (Lipinski definition) is 2. The van der Waals surface area contributed by atoms with Gasteiger partial charge >= 0.3 is 12.1 Å². The summed E-state index contributed by atoms with van der Waals surface area (Å²) in [7, 11) is 0. The van der Waals surface area contributed by atoms with E-state index in [1.165, 1.54) is 12.1 Å². The second kappa shape index (κ2) is 5.92. The van der Waals surface area contributed by atoms with Crippen molar-refractivity contribution in [1.82, 2.24) is 9.89 Å². The fourth-order valence-electron chi connectivity index (χ4n) is 1.20. The van der Waals surface area contributed by atoms with Crippen molar-refractivity contribution < 1.29 is 26.7 Å². The summed E-state index contributed by atoms with van der Waals surface area (Å²) in [5.74, 6) is 5.53. The number of nitrogen functional groups attached to an aromatic ring is 1. The van der Waals surface area contributed by atoms with Crippen molar-refractivity contribution in [2.45, 2.75) is 24.9 Å². The van der Waals surface area contributed by atoms with Crippen LogP contribution in [0, 0.1) is 0 Å². The lowest BCUT2D eigenvalue weighted by Gasteiger charge is -2.19. The summed E-state index contributed by atoms with van der Waals surface area (Å²) >= 11 is 0. The highest BCUT2D eigenvalue weighted by atomic mass is 19.4. The molecule has 0 saturated heterocycles. The molecule has 11 heteroatoms. The van der Waals surface area contributed by atoms with Crippen molar-refractivity contribution in [3.8, 4) is 5.88 Å². The number of alkyl halides is 5. The molecular formula is C9H12F5N5O. The quantitative estimate of drug-likeness (QED) is 0.363. The molecule has 0 aliphatic heterocycles. The molecule has 1 aromatic rings. The van der Waals surface area contributed by atoms with Gasteiger partial charge in [0.05, 0.1) is 6.61 Å². The summed E-state index contributed by atoms with van der Waals surface area (Å²) in [6.07, 6.45) is -7.42. The standard InChI is InChI=1S/C9H12F5N5O/c10-8(11,9(12,13)14)4-1-5-20-7-3-2-6(17-15)19(16)18-7/h2-3H,1,4-5,15-16H2/b17-6-. The van der Waals surface area contributed by atoms with E-state index < -0.39 is 24.9 Å². The summed E-state index contributed by atoms with van der Waals surface area (Å²) in [6, 6.07) is 2.64. The van der Waals surface area contributed by atoms with Crippen LogP contribution in [0.25, 0.3) is 0 Å². The predicted octanol–water partition coefficient (Wildman–Crippen LogP) is 0.728. The van der Waals surface area contributed by atoms with Gasteiger partial charge in [-0.25, -0.2) is 0 Å². The molecule has 0 radical (unpaired) electrons. The van der Waals surface area contributed by atoms with Crippen LogP contribution in [0.15, 0.2) is 17.2 Å². The highest BCUT2D eigenvalue weighted by molar-refractivity contribution is 5.06. The minimum Gasteiger partial charge on any atom is -0.477 e. The first-order valence-corrected chi connectivity index (χ1v) is 5.34. The average molecular weight is 301 g/mol. The van der Waals surface area contributed by atoms with Crippen molar-refractivity contribution in [3.63, 3.8) is 0 Å². The van der Waals surface area contributed by atoms with Crippen molar-refractivity contribution in [3.05, 3.63) is 17.6 Å². The molecule has 114 valence electrons. The van der Waals surface area contributed by atoms with Crippen LogP contribution in [0.5, 0.6) is 5.88 Å². The highest BCUT2D eigenvalue weighted by Gasteiger charge is 2.56. The van der Waals surface area contributed by atoms with Crippen LogP contribution in [-0.2, 0) is 0 Å². The maximum absolute atomic E-state index is 12.6. The van der Waals surface area contributed by atoms with E-state index in [9.17, 15) is 22.0 Å². The van der Waals surface area contributed by atoms with Crippen LogP contribution >= 0.6 is 0 Å². The topological polar surface area (TPSA) is 91.5 Å². The Hall–Kier alpha value is -2.07. The third-order valence-corrected chi connectivity index (χ3v) is 2.25. The number of hydrogen-bond acceptors (Lipinski definition) is 5. The van der Waals surface area contributed by atoms with Gasteiger partial charge in [0.2, 0.25) is 5.88 Å². The molecule has 0 atom stereocenters. The lowest BCUT2D eigenvalue weighted by molar-refractivity contribution is -0.284. The van der Waals surface area contributed by atoms with Gasteiger partial charge in [0.15, 0.2) is 5.49 Å². The van der Waals surface area contributed by atoms with Crippen LogP contribution in [0.1, 0.15) is 12.8 Å². The average Bonchev–Trinajstić information content (AvgIpc) is 2.33. The van der Waals surface area contributed by atoms with Gasteiger partial charge in [-0.3, -0.25) is 0 Å². The van der Waals surface area contributed by atoms with E-state index in [1.807, 2.05) is 0 Å². The molecule has 1 heterocycles. The van der Waals surface area contributed by atoms with Crippen LogP contribution in [-0.4, -0.2) is 28.6 Å². The maximum atomic E-state index is 12.6. The Bertz CT molecular complexity index is 512. The SMILES string of the molecule is N/N=c1/ccc(OCCCC(F)(F)C(F)(F)F)nn1N. The van der Waals surface area contributed by atoms with Gasteiger partial charge in [-0.05, 0) is 12.5 Å².